The summed E-state index contributed by atoms with van der Waals surface area (Å²) in [7, 11) is 0. The summed E-state index contributed by atoms with van der Waals surface area (Å²) in [4.78, 5) is 7.78. The van der Waals surface area contributed by atoms with Crippen molar-refractivity contribution < 1.29 is 28.4 Å². The molecule has 7 aromatic carbocycles. The van der Waals surface area contributed by atoms with E-state index in [-0.39, 0.29) is 0 Å². The standard InChI is InChI=1S/C69H81N3O6/c1-2-8-38-74-65-27-15-56(16-28-65)47-71-49-58-19-31-67(32-20-58)76-40-10-5-6-12-42-78-69-35-23-60(24-36-69)51-72-50-59-21-33-68(34-22-59)77-41-11-4-3-9-39-75-66-29-17-57(18-30-66)48-70(46-55-13-25-64(26-14-55)73-37-7-1)52-61-43-62(53-71)45-63(44-61)54-72/h13-36,43-45H,1-12,37-42,46-54H2. The summed E-state index contributed by atoms with van der Waals surface area (Å²) in [5, 5.41) is 0. The molecule has 12 aliphatic rings. The highest BCUT2D eigenvalue weighted by Gasteiger charge is 2.18. The SMILES string of the molecule is c1cc2ccc1CN1Cc3ccc(cc3)OCCCCCCOc3ccc(cc3)CN3Cc4ccc(cc4)OCCCCCCOc4ccc(cc4)CN(Cc4ccc(cc4)OCCCCCCO2)Cc2cc(cc(c2)C3)C1. The quantitative estimate of drug-likeness (QED) is 0.148. The number of ether oxygens (including phenoxy) is 6. The van der Waals surface area contributed by atoms with Crippen LogP contribution < -0.4 is 28.4 Å². The molecule has 0 N–H and O–H groups in total. The Hall–Kier alpha value is -6.78. The molecular formula is C69H81N3O6. The van der Waals surface area contributed by atoms with Crippen molar-refractivity contribution in [3.8, 4) is 34.5 Å². The maximum Gasteiger partial charge on any atom is 0.119 e. The van der Waals surface area contributed by atoms with Gasteiger partial charge in [0.05, 0.1) is 39.6 Å². The predicted octanol–water partition coefficient (Wildman–Crippen LogP) is 15.3. The second-order valence-corrected chi connectivity index (χ2v) is 21.8. The van der Waals surface area contributed by atoms with Gasteiger partial charge >= 0.3 is 0 Å². The first kappa shape index (κ1) is 54.6. The van der Waals surface area contributed by atoms with Gasteiger partial charge in [-0.3, -0.25) is 14.7 Å². The highest BCUT2D eigenvalue weighted by molar-refractivity contribution is 5.35. The number of rotatable bonds is 0. The van der Waals surface area contributed by atoms with Gasteiger partial charge in [0.1, 0.15) is 34.5 Å². The molecule has 0 saturated carbocycles. The number of hydrogen-bond acceptors (Lipinski definition) is 9. The largest absolute Gasteiger partial charge is 0.494 e. The van der Waals surface area contributed by atoms with Crippen LogP contribution in [0.15, 0.2) is 164 Å². The summed E-state index contributed by atoms with van der Waals surface area (Å²) in [5.41, 5.74) is 11.4. The fourth-order valence-electron chi connectivity index (χ4n) is 10.9. The molecule has 0 atom stereocenters. The average Bonchev–Trinajstić information content (AvgIpc) is 3.46. The molecule has 0 spiro atoms. The fraction of sp³-hybridized carbons (Fsp3) is 0.391. The highest BCUT2D eigenvalue weighted by Crippen LogP contribution is 2.27. The van der Waals surface area contributed by atoms with Crippen molar-refractivity contribution in [1.29, 1.82) is 0 Å². The molecular weight excluding hydrogens is 967 g/mol. The lowest BCUT2D eigenvalue weighted by Gasteiger charge is -2.27. The average molecular weight is 1050 g/mol. The molecule has 0 fully saturated rings. The molecule has 0 saturated heterocycles. The first-order chi connectivity index (χ1) is 38.5. The minimum atomic E-state index is 0.711. The van der Waals surface area contributed by atoms with Crippen LogP contribution in [-0.2, 0) is 58.9 Å². The van der Waals surface area contributed by atoms with E-state index < -0.39 is 0 Å². The third kappa shape index (κ3) is 17.9. The van der Waals surface area contributed by atoms with Gasteiger partial charge in [0.15, 0.2) is 0 Å². The van der Waals surface area contributed by atoms with Gasteiger partial charge in [0.2, 0.25) is 0 Å². The van der Waals surface area contributed by atoms with E-state index in [0.29, 0.717) is 39.6 Å². The molecule has 12 heterocycles. The molecule has 19 rings (SSSR count). The van der Waals surface area contributed by atoms with Gasteiger partial charge in [0.25, 0.3) is 0 Å². The van der Waals surface area contributed by atoms with E-state index in [4.69, 9.17) is 28.4 Å². The minimum absolute atomic E-state index is 0.711. The summed E-state index contributed by atoms with van der Waals surface area (Å²) >= 11 is 0. The van der Waals surface area contributed by atoms with Crippen LogP contribution in [0.1, 0.15) is 127 Å². The molecule has 408 valence electrons. The zero-order valence-electron chi connectivity index (χ0n) is 46.0. The van der Waals surface area contributed by atoms with Crippen molar-refractivity contribution in [3.05, 3.63) is 214 Å². The van der Waals surface area contributed by atoms with E-state index in [1.54, 1.807) is 0 Å². The Morgan fingerprint density at radius 2 is 0.333 bits per heavy atom. The number of hydrogen-bond donors (Lipinski definition) is 0. The lowest BCUT2D eigenvalue weighted by atomic mass is 10.0. The molecule has 0 amide bonds. The lowest BCUT2D eigenvalue weighted by Crippen LogP contribution is -2.25. The van der Waals surface area contributed by atoms with Gasteiger partial charge in [-0.05, 0) is 200 Å². The van der Waals surface area contributed by atoms with Gasteiger partial charge in [-0.15, -0.1) is 0 Å². The third-order valence-electron chi connectivity index (χ3n) is 15.0. The van der Waals surface area contributed by atoms with Crippen LogP contribution in [0, 0.1) is 0 Å². The lowest BCUT2D eigenvalue weighted by molar-refractivity contribution is 0.239. The van der Waals surface area contributed by atoms with E-state index in [2.05, 4.69) is 178 Å². The van der Waals surface area contributed by atoms with Crippen LogP contribution in [0.5, 0.6) is 34.5 Å². The van der Waals surface area contributed by atoms with Crippen molar-refractivity contribution in [1.82, 2.24) is 14.7 Å². The highest BCUT2D eigenvalue weighted by atomic mass is 16.5. The molecule has 7 aromatic rings. The van der Waals surface area contributed by atoms with Crippen molar-refractivity contribution in [3.63, 3.8) is 0 Å². The van der Waals surface area contributed by atoms with Crippen LogP contribution in [0.4, 0.5) is 0 Å². The van der Waals surface area contributed by atoms with Crippen LogP contribution in [0.3, 0.4) is 0 Å². The third-order valence-corrected chi connectivity index (χ3v) is 15.0. The fourth-order valence-corrected chi connectivity index (χ4v) is 10.9. The second-order valence-electron chi connectivity index (χ2n) is 21.8. The van der Waals surface area contributed by atoms with Gasteiger partial charge in [-0.1, -0.05) is 91.0 Å². The monoisotopic (exact) mass is 1050 g/mol. The van der Waals surface area contributed by atoms with Crippen molar-refractivity contribution in [2.24, 2.45) is 0 Å². The molecule has 9 nitrogen and oxygen atoms in total. The van der Waals surface area contributed by atoms with Crippen LogP contribution in [-0.4, -0.2) is 54.3 Å². The number of nitrogens with zero attached hydrogens (tertiary/aromatic N) is 3. The Labute approximate surface area is 465 Å². The van der Waals surface area contributed by atoms with Crippen LogP contribution in [0.2, 0.25) is 0 Å². The van der Waals surface area contributed by atoms with Crippen LogP contribution >= 0.6 is 0 Å². The van der Waals surface area contributed by atoms with E-state index in [9.17, 15) is 0 Å². The topological polar surface area (TPSA) is 65.1 Å². The molecule has 0 aromatic heterocycles. The summed E-state index contributed by atoms with van der Waals surface area (Å²) in [5.74, 6) is 5.53. The molecule has 78 heavy (non-hydrogen) atoms. The second kappa shape index (κ2) is 29.3. The van der Waals surface area contributed by atoms with E-state index in [1.807, 2.05) is 0 Å². The molecule has 0 aliphatic carbocycles. The molecule has 9 heteroatoms. The Bertz CT molecular complexity index is 2350. The van der Waals surface area contributed by atoms with E-state index >= 15 is 0 Å². The minimum Gasteiger partial charge on any atom is -0.494 e. The van der Waals surface area contributed by atoms with Gasteiger partial charge in [0, 0.05) is 58.9 Å². The normalized spacial score (nSPS) is 19.9. The van der Waals surface area contributed by atoms with E-state index in [0.717, 1.165) is 170 Å². The summed E-state index contributed by atoms with van der Waals surface area (Å²) in [6, 6.07) is 60.1. The van der Waals surface area contributed by atoms with Gasteiger partial charge < -0.3 is 28.4 Å². The van der Waals surface area contributed by atoms with E-state index in [1.165, 1.54) is 50.1 Å². The summed E-state index contributed by atoms with van der Waals surface area (Å²) < 4.78 is 37.6. The van der Waals surface area contributed by atoms with Crippen molar-refractivity contribution in [2.75, 3.05) is 39.6 Å². The van der Waals surface area contributed by atoms with Crippen molar-refractivity contribution in [2.45, 2.75) is 136 Å². The Kier molecular flexibility index (Phi) is 20.5. The zero-order valence-corrected chi connectivity index (χ0v) is 46.0. The Balaban J connectivity index is 1.04. The zero-order chi connectivity index (χ0) is 52.8. The van der Waals surface area contributed by atoms with Crippen molar-refractivity contribution >= 4 is 0 Å². The smallest absolute Gasteiger partial charge is 0.119 e. The Morgan fingerprint density at radius 3 is 0.500 bits per heavy atom. The first-order valence-electron chi connectivity index (χ1n) is 29.1. The molecule has 12 aliphatic heterocycles. The number of benzene rings is 7. The van der Waals surface area contributed by atoms with Gasteiger partial charge in [-0.25, -0.2) is 0 Å². The predicted molar refractivity (Wildman–Crippen MR) is 312 cm³/mol. The molecule has 0 unspecified atom stereocenters. The summed E-state index contributed by atoms with van der Waals surface area (Å²) in [6.07, 6.45) is 12.8. The molecule has 0 radical (unpaired) electrons. The summed E-state index contributed by atoms with van der Waals surface area (Å²) in [6.45, 7) is 11.3. The van der Waals surface area contributed by atoms with Crippen LogP contribution in [0.25, 0.3) is 0 Å². The first-order valence-corrected chi connectivity index (χ1v) is 29.1. The Morgan fingerprint density at radius 1 is 0.179 bits per heavy atom. The molecule has 18 bridgehead atoms. The maximum absolute atomic E-state index is 6.27. The van der Waals surface area contributed by atoms with Gasteiger partial charge in [-0.2, -0.15) is 0 Å². The maximum atomic E-state index is 6.27.